The zero-order valence-electron chi connectivity index (χ0n) is 7.15. The summed E-state index contributed by atoms with van der Waals surface area (Å²) in [5, 5.41) is 0. The zero-order valence-corrected chi connectivity index (χ0v) is 7.97. The Hall–Kier alpha value is -1.10. The fraction of sp³-hybridized carbons (Fsp3) is 0.500. The lowest BCUT2D eigenvalue weighted by Gasteiger charge is -2.03. The molecular weight excluding hydrogens is 190 g/mol. The lowest BCUT2D eigenvalue weighted by molar-refractivity contribution is -0.141. The predicted molar refractivity (Wildman–Crippen MR) is 46.7 cm³/mol. The van der Waals surface area contributed by atoms with Crippen molar-refractivity contribution in [2.75, 3.05) is 7.11 Å². The van der Waals surface area contributed by atoms with Crippen molar-refractivity contribution in [3.63, 3.8) is 0 Å². The van der Waals surface area contributed by atoms with Gasteiger partial charge in [-0.3, -0.25) is 4.79 Å². The van der Waals surface area contributed by atoms with E-state index in [2.05, 4.69) is 4.37 Å². The highest BCUT2D eigenvalue weighted by Gasteiger charge is 2.26. The van der Waals surface area contributed by atoms with E-state index in [9.17, 15) is 4.79 Å². The van der Waals surface area contributed by atoms with Crippen LogP contribution in [0, 0.1) is 0 Å². The molecule has 4 nitrogen and oxygen atoms in total. The Bertz CT molecular complexity index is 323. The molecule has 1 aromatic rings. The number of hydrogen-bond donors (Lipinski definition) is 0. The monoisotopic (exact) mass is 199 g/mol. The molecule has 70 valence electrons. The van der Waals surface area contributed by atoms with Gasteiger partial charge in [-0.15, -0.1) is 0 Å². The van der Waals surface area contributed by atoms with Gasteiger partial charge in [0.25, 0.3) is 0 Å². The summed E-state index contributed by atoms with van der Waals surface area (Å²) in [6.07, 6.45) is 1.16. The number of carbonyl (C=O) groups is 1. The number of methoxy groups -OCH3 is 1. The van der Waals surface area contributed by atoms with Crippen LogP contribution in [-0.4, -0.2) is 17.5 Å². The molecular formula is C8H9NO3S. The van der Waals surface area contributed by atoms with Crippen LogP contribution in [0.1, 0.15) is 23.8 Å². The molecule has 13 heavy (non-hydrogen) atoms. The van der Waals surface area contributed by atoms with E-state index in [0.29, 0.717) is 12.3 Å². The van der Waals surface area contributed by atoms with Gasteiger partial charge in [0, 0.05) is 12.5 Å². The molecule has 2 heterocycles. The Kier molecular flexibility index (Phi) is 2.18. The minimum atomic E-state index is -0.127. The highest BCUT2D eigenvalue weighted by atomic mass is 32.1. The second-order valence-electron chi connectivity index (χ2n) is 2.79. The third-order valence-corrected chi connectivity index (χ3v) is 2.78. The molecule has 1 aromatic heterocycles. The summed E-state index contributed by atoms with van der Waals surface area (Å²) >= 11 is 1.32. The first kappa shape index (κ1) is 8.50. The normalized spacial score (nSPS) is 21.6. The highest BCUT2D eigenvalue weighted by Crippen LogP contribution is 2.33. The minimum Gasteiger partial charge on any atom is -0.480 e. The first-order chi connectivity index (χ1) is 6.29. The Labute approximate surface area is 79.6 Å². The molecule has 0 aromatic carbocycles. The van der Waals surface area contributed by atoms with Gasteiger partial charge in [0.2, 0.25) is 5.88 Å². The van der Waals surface area contributed by atoms with E-state index < -0.39 is 0 Å². The maximum atomic E-state index is 10.8. The number of aromatic nitrogens is 1. The van der Waals surface area contributed by atoms with Gasteiger partial charge in [-0.05, 0) is 18.0 Å². The van der Waals surface area contributed by atoms with Crippen LogP contribution in [0.2, 0.25) is 0 Å². The summed E-state index contributed by atoms with van der Waals surface area (Å²) in [6, 6.07) is 1.81. The van der Waals surface area contributed by atoms with Crippen molar-refractivity contribution >= 4 is 17.5 Å². The maximum absolute atomic E-state index is 10.8. The van der Waals surface area contributed by atoms with Gasteiger partial charge in [0.1, 0.15) is 6.10 Å². The van der Waals surface area contributed by atoms with Crippen LogP contribution in [0.5, 0.6) is 5.88 Å². The molecule has 2 rings (SSSR count). The van der Waals surface area contributed by atoms with E-state index in [-0.39, 0.29) is 12.1 Å². The van der Waals surface area contributed by atoms with E-state index in [4.69, 9.17) is 9.47 Å². The van der Waals surface area contributed by atoms with Crippen molar-refractivity contribution < 1.29 is 14.3 Å². The molecule has 0 spiro atoms. The number of carbonyl (C=O) groups excluding carboxylic acids is 1. The molecule has 1 fully saturated rings. The van der Waals surface area contributed by atoms with Crippen molar-refractivity contribution in [1.29, 1.82) is 0 Å². The number of ether oxygens (including phenoxy) is 2. The van der Waals surface area contributed by atoms with Crippen LogP contribution in [0.25, 0.3) is 0 Å². The average Bonchev–Trinajstić information content (AvgIpc) is 2.71. The summed E-state index contributed by atoms with van der Waals surface area (Å²) < 4.78 is 14.1. The van der Waals surface area contributed by atoms with Crippen LogP contribution in [0.15, 0.2) is 6.07 Å². The van der Waals surface area contributed by atoms with Crippen molar-refractivity contribution in [3.05, 3.63) is 10.9 Å². The lowest BCUT2D eigenvalue weighted by atomic mass is 10.2. The summed E-state index contributed by atoms with van der Waals surface area (Å²) in [7, 11) is 1.57. The molecule has 0 bridgehead atoms. The number of cyclic esters (lactones) is 1. The van der Waals surface area contributed by atoms with Crippen LogP contribution >= 0.6 is 11.5 Å². The largest absolute Gasteiger partial charge is 0.480 e. The first-order valence-corrected chi connectivity index (χ1v) is 4.77. The van der Waals surface area contributed by atoms with Gasteiger partial charge in [-0.25, -0.2) is 0 Å². The maximum Gasteiger partial charge on any atom is 0.306 e. The van der Waals surface area contributed by atoms with Crippen LogP contribution in [0.4, 0.5) is 0 Å². The summed E-state index contributed by atoms with van der Waals surface area (Å²) in [5.74, 6) is 0.459. The standard InChI is InChI=1S/C8H9NO3S/c1-11-7-4-6(13-9-7)5-2-3-8(10)12-5/h4-5H,2-3H2,1H3. The molecule has 5 heteroatoms. The van der Waals surface area contributed by atoms with Gasteiger partial charge in [-0.1, -0.05) is 0 Å². The molecule has 0 saturated carbocycles. The van der Waals surface area contributed by atoms with Crippen molar-refractivity contribution in [2.45, 2.75) is 18.9 Å². The number of rotatable bonds is 2. The van der Waals surface area contributed by atoms with E-state index in [1.807, 2.05) is 6.07 Å². The zero-order chi connectivity index (χ0) is 9.26. The van der Waals surface area contributed by atoms with Crippen molar-refractivity contribution in [2.24, 2.45) is 0 Å². The highest BCUT2D eigenvalue weighted by molar-refractivity contribution is 7.06. The number of nitrogens with zero attached hydrogens (tertiary/aromatic N) is 1. The SMILES string of the molecule is COc1cc(C2CCC(=O)O2)sn1. The van der Waals surface area contributed by atoms with E-state index in [1.165, 1.54) is 11.5 Å². The van der Waals surface area contributed by atoms with E-state index in [0.717, 1.165) is 11.3 Å². The second kappa shape index (κ2) is 3.33. The molecule has 1 saturated heterocycles. The lowest BCUT2D eigenvalue weighted by Crippen LogP contribution is -1.95. The number of hydrogen-bond acceptors (Lipinski definition) is 5. The predicted octanol–water partition coefficient (Wildman–Crippen LogP) is 1.53. The third kappa shape index (κ3) is 1.65. The quantitative estimate of drug-likeness (QED) is 0.678. The minimum absolute atomic E-state index is 0.103. The van der Waals surface area contributed by atoms with E-state index >= 15 is 0 Å². The smallest absolute Gasteiger partial charge is 0.306 e. The average molecular weight is 199 g/mol. The van der Waals surface area contributed by atoms with Gasteiger partial charge in [0.15, 0.2) is 0 Å². The van der Waals surface area contributed by atoms with Crippen LogP contribution < -0.4 is 4.74 Å². The summed E-state index contributed by atoms with van der Waals surface area (Å²) in [6.45, 7) is 0. The van der Waals surface area contributed by atoms with Crippen LogP contribution in [0.3, 0.4) is 0 Å². The van der Waals surface area contributed by atoms with Gasteiger partial charge < -0.3 is 9.47 Å². The molecule has 1 aliphatic heterocycles. The van der Waals surface area contributed by atoms with Gasteiger partial charge in [0.05, 0.1) is 12.0 Å². The Morgan fingerprint density at radius 3 is 3.15 bits per heavy atom. The van der Waals surface area contributed by atoms with Crippen LogP contribution in [-0.2, 0) is 9.53 Å². The van der Waals surface area contributed by atoms with Crippen molar-refractivity contribution in [1.82, 2.24) is 4.37 Å². The summed E-state index contributed by atoms with van der Waals surface area (Å²) in [5.41, 5.74) is 0. The van der Waals surface area contributed by atoms with Gasteiger partial charge >= 0.3 is 5.97 Å². The Morgan fingerprint density at radius 2 is 2.62 bits per heavy atom. The molecule has 0 aliphatic carbocycles. The fourth-order valence-electron chi connectivity index (χ4n) is 1.25. The topological polar surface area (TPSA) is 48.4 Å². The molecule has 0 radical (unpaired) electrons. The number of esters is 1. The molecule has 1 atom stereocenters. The fourth-order valence-corrected chi connectivity index (χ4v) is 2.01. The Morgan fingerprint density at radius 1 is 1.77 bits per heavy atom. The molecule has 1 unspecified atom stereocenters. The second-order valence-corrected chi connectivity index (χ2v) is 3.63. The van der Waals surface area contributed by atoms with E-state index in [1.54, 1.807) is 7.11 Å². The first-order valence-electron chi connectivity index (χ1n) is 3.99. The van der Waals surface area contributed by atoms with Gasteiger partial charge in [-0.2, -0.15) is 4.37 Å². The molecule has 0 N–H and O–H groups in total. The van der Waals surface area contributed by atoms with Crippen molar-refractivity contribution in [3.8, 4) is 5.88 Å². The third-order valence-electron chi connectivity index (χ3n) is 1.92. The molecule has 1 aliphatic rings. The molecule has 0 amide bonds. The Balaban J connectivity index is 2.12. The summed E-state index contributed by atoms with van der Waals surface area (Å²) in [4.78, 5) is 11.8.